The molecule has 20 heavy (non-hydrogen) atoms. The van der Waals surface area contributed by atoms with E-state index in [0.717, 1.165) is 31.4 Å². The Hall–Kier alpha value is -1.06. The molecule has 1 aromatic carbocycles. The zero-order valence-electron chi connectivity index (χ0n) is 12.8. The van der Waals surface area contributed by atoms with E-state index in [1.54, 1.807) is 0 Å². The van der Waals surface area contributed by atoms with Crippen LogP contribution in [0.15, 0.2) is 12.1 Å². The van der Waals surface area contributed by atoms with E-state index in [-0.39, 0.29) is 12.6 Å². The molecule has 3 nitrogen and oxygen atoms in total. The van der Waals surface area contributed by atoms with Gasteiger partial charge in [-0.05, 0) is 55.3 Å². The molecule has 2 rings (SSSR count). The van der Waals surface area contributed by atoms with Crippen LogP contribution in [0.2, 0.25) is 0 Å². The summed E-state index contributed by atoms with van der Waals surface area (Å²) in [6, 6.07) is 4.06. The highest BCUT2D eigenvalue weighted by Crippen LogP contribution is 2.45. The molecule has 112 valence electrons. The molecular formula is C17H27NO2. The summed E-state index contributed by atoms with van der Waals surface area (Å²) in [6.07, 6.45) is 2.96. The molecule has 0 aliphatic heterocycles. The summed E-state index contributed by atoms with van der Waals surface area (Å²) in [7, 11) is 0. The number of aromatic hydroxyl groups is 1. The molecule has 0 aromatic heterocycles. The quantitative estimate of drug-likeness (QED) is 0.748. The van der Waals surface area contributed by atoms with Crippen LogP contribution < -0.4 is 5.32 Å². The lowest BCUT2D eigenvalue weighted by Gasteiger charge is -2.20. The van der Waals surface area contributed by atoms with Gasteiger partial charge in [0.1, 0.15) is 5.75 Å². The molecule has 0 amide bonds. The molecule has 0 heterocycles. The Kier molecular flexibility index (Phi) is 5.06. The van der Waals surface area contributed by atoms with Gasteiger partial charge in [-0.3, -0.25) is 0 Å². The molecule has 0 spiro atoms. The third-order valence-electron chi connectivity index (χ3n) is 4.68. The van der Waals surface area contributed by atoms with E-state index in [1.807, 2.05) is 12.1 Å². The van der Waals surface area contributed by atoms with Gasteiger partial charge in [0, 0.05) is 18.2 Å². The molecule has 1 aromatic rings. The van der Waals surface area contributed by atoms with Crippen LogP contribution in [0.1, 0.15) is 61.8 Å². The van der Waals surface area contributed by atoms with Crippen molar-refractivity contribution in [2.45, 2.75) is 52.0 Å². The summed E-state index contributed by atoms with van der Waals surface area (Å²) in [5, 5.41) is 22.9. The lowest BCUT2D eigenvalue weighted by atomic mass is 9.97. The minimum absolute atomic E-state index is 0.243. The van der Waals surface area contributed by atoms with E-state index in [1.165, 1.54) is 11.1 Å². The lowest BCUT2D eigenvalue weighted by Crippen LogP contribution is -2.26. The van der Waals surface area contributed by atoms with Crippen LogP contribution in [0, 0.1) is 12.8 Å². The second-order valence-corrected chi connectivity index (χ2v) is 6.11. The van der Waals surface area contributed by atoms with E-state index < -0.39 is 0 Å². The van der Waals surface area contributed by atoms with Gasteiger partial charge < -0.3 is 15.5 Å². The van der Waals surface area contributed by atoms with Crippen molar-refractivity contribution in [3.63, 3.8) is 0 Å². The Morgan fingerprint density at radius 3 is 2.75 bits per heavy atom. The average Bonchev–Trinajstić information content (AvgIpc) is 2.77. The predicted molar refractivity (Wildman–Crippen MR) is 82.1 cm³/mol. The first kappa shape index (κ1) is 15.3. The molecule has 0 saturated heterocycles. The molecule has 3 atom stereocenters. The van der Waals surface area contributed by atoms with Crippen molar-refractivity contribution < 1.29 is 10.2 Å². The third kappa shape index (κ3) is 2.99. The first-order valence-electron chi connectivity index (χ1n) is 7.75. The Balaban J connectivity index is 2.12. The fraction of sp³-hybridized carbons (Fsp3) is 0.647. The minimum Gasteiger partial charge on any atom is -0.508 e. The number of phenolic OH excluding ortho intramolecular Hbond substituents is 1. The van der Waals surface area contributed by atoms with Gasteiger partial charge in [0.25, 0.3) is 0 Å². The topological polar surface area (TPSA) is 52.5 Å². The molecule has 3 heteroatoms. The molecule has 3 N–H and O–H groups in total. The number of hydrogen-bond donors (Lipinski definition) is 3. The number of fused-ring (bicyclic) bond motifs is 1. The van der Waals surface area contributed by atoms with Crippen LogP contribution >= 0.6 is 0 Å². The standard InChI is InChI=1S/C17H27NO2/c1-4-13(7-8-19)10-18-14-9-12(3)16-11(2)5-6-15(20)17(14)16/h5-6,12-14,18-20H,4,7-10H2,1-3H3. The Bertz CT molecular complexity index is 459. The fourth-order valence-electron chi connectivity index (χ4n) is 3.47. The summed E-state index contributed by atoms with van der Waals surface area (Å²) in [4.78, 5) is 0. The van der Waals surface area contributed by atoms with Crippen molar-refractivity contribution >= 4 is 0 Å². The number of aliphatic hydroxyl groups is 1. The third-order valence-corrected chi connectivity index (χ3v) is 4.68. The summed E-state index contributed by atoms with van der Waals surface area (Å²) in [5.41, 5.74) is 3.69. The molecule has 3 unspecified atom stereocenters. The van der Waals surface area contributed by atoms with E-state index in [0.29, 0.717) is 17.6 Å². The zero-order chi connectivity index (χ0) is 14.7. The maximum absolute atomic E-state index is 10.2. The molecule has 0 bridgehead atoms. The van der Waals surface area contributed by atoms with Gasteiger partial charge in [-0.15, -0.1) is 0 Å². The molecular weight excluding hydrogens is 250 g/mol. The van der Waals surface area contributed by atoms with Gasteiger partial charge in [-0.1, -0.05) is 26.3 Å². The number of benzene rings is 1. The molecule has 1 aliphatic carbocycles. The number of aliphatic hydroxyl groups excluding tert-OH is 1. The maximum Gasteiger partial charge on any atom is 0.120 e. The molecule has 0 radical (unpaired) electrons. The Labute approximate surface area is 122 Å². The van der Waals surface area contributed by atoms with Crippen molar-refractivity contribution in [1.82, 2.24) is 5.32 Å². The molecule has 0 saturated carbocycles. The van der Waals surface area contributed by atoms with Crippen LogP contribution in [-0.2, 0) is 0 Å². The van der Waals surface area contributed by atoms with Crippen molar-refractivity contribution in [3.8, 4) is 5.75 Å². The van der Waals surface area contributed by atoms with Gasteiger partial charge in [0.05, 0.1) is 0 Å². The Morgan fingerprint density at radius 2 is 2.10 bits per heavy atom. The van der Waals surface area contributed by atoms with Crippen molar-refractivity contribution in [1.29, 1.82) is 0 Å². The number of rotatable bonds is 6. The largest absolute Gasteiger partial charge is 0.508 e. The van der Waals surface area contributed by atoms with Crippen molar-refractivity contribution in [3.05, 3.63) is 28.8 Å². The van der Waals surface area contributed by atoms with Gasteiger partial charge in [0.2, 0.25) is 0 Å². The van der Waals surface area contributed by atoms with Crippen LogP contribution in [0.4, 0.5) is 0 Å². The van der Waals surface area contributed by atoms with Gasteiger partial charge in [-0.25, -0.2) is 0 Å². The number of phenols is 1. The van der Waals surface area contributed by atoms with Crippen LogP contribution in [0.3, 0.4) is 0 Å². The fourth-order valence-corrected chi connectivity index (χ4v) is 3.47. The minimum atomic E-state index is 0.243. The number of aryl methyl sites for hydroxylation is 1. The predicted octanol–water partition coefficient (Wildman–Crippen LogP) is 3.25. The number of nitrogens with one attached hydrogen (secondary N) is 1. The summed E-state index contributed by atoms with van der Waals surface area (Å²) < 4.78 is 0. The van der Waals surface area contributed by atoms with E-state index >= 15 is 0 Å². The summed E-state index contributed by atoms with van der Waals surface area (Å²) in [6.45, 7) is 7.67. The molecule has 1 aliphatic rings. The summed E-state index contributed by atoms with van der Waals surface area (Å²) in [5.74, 6) is 1.42. The van der Waals surface area contributed by atoms with E-state index in [9.17, 15) is 5.11 Å². The average molecular weight is 277 g/mol. The van der Waals surface area contributed by atoms with Crippen LogP contribution in [-0.4, -0.2) is 23.4 Å². The van der Waals surface area contributed by atoms with E-state index in [4.69, 9.17) is 5.11 Å². The van der Waals surface area contributed by atoms with Crippen LogP contribution in [0.25, 0.3) is 0 Å². The highest BCUT2D eigenvalue weighted by molar-refractivity contribution is 5.50. The van der Waals surface area contributed by atoms with Gasteiger partial charge in [0.15, 0.2) is 0 Å². The van der Waals surface area contributed by atoms with Crippen molar-refractivity contribution in [2.75, 3.05) is 13.2 Å². The highest BCUT2D eigenvalue weighted by atomic mass is 16.3. The second-order valence-electron chi connectivity index (χ2n) is 6.11. The monoisotopic (exact) mass is 277 g/mol. The maximum atomic E-state index is 10.2. The Morgan fingerprint density at radius 1 is 1.35 bits per heavy atom. The number of hydrogen-bond acceptors (Lipinski definition) is 3. The SMILES string of the molecule is CCC(CCO)CNC1CC(C)c2c(C)ccc(O)c21. The van der Waals surface area contributed by atoms with Gasteiger partial charge >= 0.3 is 0 Å². The summed E-state index contributed by atoms with van der Waals surface area (Å²) >= 11 is 0. The van der Waals surface area contributed by atoms with Gasteiger partial charge in [-0.2, -0.15) is 0 Å². The highest BCUT2D eigenvalue weighted by Gasteiger charge is 2.32. The lowest BCUT2D eigenvalue weighted by molar-refractivity contribution is 0.248. The first-order chi connectivity index (χ1) is 9.58. The smallest absolute Gasteiger partial charge is 0.120 e. The van der Waals surface area contributed by atoms with Crippen molar-refractivity contribution in [2.24, 2.45) is 5.92 Å². The van der Waals surface area contributed by atoms with Crippen LogP contribution in [0.5, 0.6) is 5.75 Å². The normalized spacial score (nSPS) is 22.8. The second kappa shape index (κ2) is 6.59. The zero-order valence-corrected chi connectivity index (χ0v) is 12.8. The molecule has 0 fully saturated rings. The first-order valence-corrected chi connectivity index (χ1v) is 7.75. The van der Waals surface area contributed by atoms with E-state index in [2.05, 4.69) is 26.1 Å².